The summed E-state index contributed by atoms with van der Waals surface area (Å²) in [6.45, 7) is 5.86. The van der Waals surface area contributed by atoms with Gasteiger partial charge in [0.1, 0.15) is 11.1 Å². The highest BCUT2D eigenvalue weighted by atomic mass is 16.6. The van der Waals surface area contributed by atoms with E-state index in [0.717, 1.165) is 0 Å². The summed E-state index contributed by atoms with van der Waals surface area (Å²) in [6, 6.07) is 5.79. The molecule has 26 heavy (non-hydrogen) atoms. The first-order chi connectivity index (χ1) is 12.1. The normalized spacial score (nSPS) is 30.5. The summed E-state index contributed by atoms with van der Waals surface area (Å²) in [7, 11) is 1.54. The van der Waals surface area contributed by atoms with E-state index < -0.39 is 21.2 Å². The van der Waals surface area contributed by atoms with E-state index in [2.05, 4.69) is 15.8 Å². The summed E-state index contributed by atoms with van der Waals surface area (Å²) in [5.41, 5.74) is 1.50. The number of rotatable bonds is 4. The number of non-ortho nitro benzene ring substituents is 1. The molecule has 2 unspecified atom stereocenters. The molecule has 3 rings (SSSR count). The molecule has 1 aromatic carbocycles. The zero-order chi connectivity index (χ0) is 19.3. The second kappa shape index (κ2) is 5.62. The lowest BCUT2D eigenvalue weighted by atomic mass is 9.64. The average molecular weight is 358 g/mol. The number of nitrogens with zero attached hydrogens (tertiary/aromatic N) is 2. The molecule has 138 valence electrons. The van der Waals surface area contributed by atoms with Crippen LogP contribution in [0.25, 0.3) is 0 Å². The van der Waals surface area contributed by atoms with E-state index in [0.29, 0.717) is 24.2 Å². The van der Waals surface area contributed by atoms with Crippen molar-refractivity contribution in [1.82, 2.24) is 5.32 Å². The van der Waals surface area contributed by atoms with E-state index in [4.69, 9.17) is 0 Å². The van der Waals surface area contributed by atoms with Crippen LogP contribution in [-0.2, 0) is 9.59 Å². The van der Waals surface area contributed by atoms with Crippen molar-refractivity contribution in [3.8, 4) is 0 Å². The Morgan fingerprint density at radius 2 is 1.81 bits per heavy atom. The first-order valence-electron chi connectivity index (χ1n) is 8.47. The third-order valence-corrected chi connectivity index (χ3v) is 6.56. The Bertz CT molecular complexity index is 830. The maximum Gasteiger partial charge on any atom is 0.269 e. The van der Waals surface area contributed by atoms with Crippen molar-refractivity contribution in [3.05, 3.63) is 34.4 Å². The lowest BCUT2D eigenvalue weighted by molar-refractivity contribution is -0.384. The Morgan fingerprint density at radius 3 is 2.35 bits per heavy atom. The lowest BCUT2D eigenvalue weighted by Crippen LogP contribution is -2.49. The fourth-order valence-electron chi connectivity index (χ4n) is 4.46. The van der Waals surface area contributed by atoms with Gasteiger partial charge in [0.15, 0.2) is 5.78 Å². The van der Waals surface area contributed by atoms with Gasteiger partial charge in [0.05, 0.1) is 10.6 Å². The number of carbonyl (C=O) groups excluding carboxylic acids is 2. The second-order valence-corrected chi connectivity index (χ2v) is 7.65. The molecule has 0 aromatic heterocycles. The number of amides is 1. The molecule has 2 fully saturated rings. The highest BCUT2D eigenvalue weighted by molar-refractivity contribution is 6.50. The Morgan fingerprint density at radius 1 is 1.19 bits per heavy atom. The monoisotopic (exact) mass is 358 g/mol. The number of nitrogens with one attached hydrogen (secondary N) is 2. The van der Waals surface area contributed by atoms with Crippen LogP contribution in [0.3, 0.4) is 0 Å². The fourth-order valence-corrected chi connectivity index (χ4v) is 4.46. The van der Waals surface area contributed by atoms with E-state index in [1.807, 2.05) is 20.8 Å². The number of nitro groups is 1. The minimum absolute atomic E-state index is 0.0223. The average Bonchev–Trinajstić information content (AvgIpc) is 2.88. The van der Waals surface area contributed by atoms with Gasteiger partial charge in [-0.15, -0.1) is 0 Å². The van der Waals surface area contributed by atoms with Gasteiger partial charge in [-0.2, -0.15) is 5.10 Å². The minimum atomic E-state index is -1.10. The van der Waals surface area contributed by atoms with Crippen molar-refractivity contribution in [2.75, 3.05) is 12.5 Å². The van der Waals surface area contributed by atoms with Gasteiger partial charge in [-0.25, -0.2) is 0 Å². The number of ketones is 1. The number of anilines is 1. The molecular formula is C18H22N4O4. The van der Waals surface area contributed by atoms with E-state index in [-0.39, 0.29) is 17.4 Å². The van der Waals surface area contributed by atoms with E-state index >= 15 is 0 Å². The highest BCUT2D eigenvalue weighted by Gasteiger charge is 2.76. The maximum atomic E-state index is 13.2. The fraction of sp³-hybridized carbons (Fsp3) is 0.500. The molecule has 2 aliphatic carbocycles. The van der Waals surface area contributed by atoms with Gasteiger partial charge in [-0.1, -0.05) is 20.8 Å². The van der Waals surface area contributed by atoms with Crippen molar-refractivity contribution in [2.45, 2.75) is 33.6 Å². The van der Waals surface area contributed by atoms with E-state index in [1.54, 1.807) is 7.05 Å². The largest absolute Gasteiger partial charge is 0.358 e. The van der Waals surface area contributed by atoms with Gasteiger partial charge in [0.25, 0.3) is 5.69 Å². The van der Waals surface area contributed by atoms with Crippen LogP contribution in [0, 0.1) is 26.4 Å². The molecule has 0 aliphatic heterocycles. The molecule has 2 bridgehead atoms. The van der Waals surface area contributed by atoms with Crippen molar-refractivity contribution in [1.29, 1.82) is 0 Å². The molecule has 2 saturated carbocycles. The summed E-state index contributed by atoms with van der Waals surface area (Å²) in [6.07, 6.45) is 1.20. The van der Waals surface area contributed by atoms with Crippen LogP contribution in [-0.4, -0.2) is 29.4 Å². The van der Waals surface area contributed by atoms with Gasteiger partial charge in [0.2, 0.25) is 5.91 Å². The minimum Gasteiger partial charge on any atom is -0.358 e. The SMILES string of the molecule is CNC(=O)C12CCC(C)(/C(=N/Nc3ccc([N+](=O)[O-])cc3)C1=O)C2(C)C. The molecular weight excluding hydrogens is 336 g/mol. The lowest BCUT2D eigenvalue weighted by Gasteiger charge is -2.37. The Hall–Kier alpha value is -2.77. The molecule has 2 N–H and O–H groups in total. The van der Waals surface area contributed by atoms with Crippen LogP contribution in [0.5, 0.6) is 0 Å². The predicted molar refractivity (Wildman–Crippen MR) is 96.8 cm³/mol. The van der Waals surface area contributed by atoms with Crippen LogP contribution in [0.4, 0.5) is 11.4 Å². The summed E-state index contributed by atoms with van der Waals surface area (Å²) in [5.74, 6) is -0.512. The van der Waals surface area contributed by atoms with Crippen LogP contribution >= 0.6 is 0 Å². The first-order valence-corrected chi connectivity index (χ1v) is 8.47. The van der Waals surface area contributed by atoms with Gasteiger partial charge in [0, 0.05) is 24.6 Å². The van der Waals surface area contributed by atoms with Crippen LogP contribution < -0.4 is 10.7 Å². The van der Waals surface area contributed by atoms with Gasteiger partial charge >= 0.3 is 0 Å². The Labute approximate surface area is 151 Å². The maximum absolute atomic E-state index is 13.2. The van der Waals surface area contributed by atoms with Crippen molar-refractivity contribution in [2.24, 2.45) is 21.3 Å². The molecule has 1 amide bonds. The molecule has 0 spiro atoms. The van der Waals surface area contributed by atoms with Crippen molar-refractivity contribution < 1.29 is 14.5 Å². The smallest absolute Gasteiger partial charge is 0.269 e. The Kier molecular flexibility index (Phi) is 3.90. The topological polar surface area (TPSA) is 114 Å². The number of nitro benzene ring substituents is 1. The summed E-state index contributed by atoms with van der Waals surface area (Å²) in [4.78, 5) is 36.0. The van der Waals surface area contributed by atoms with E-state index in [9.17, 15) is 19.7 Å². The van der Waals surface area contributed by atoms with Crippen LogP contribution in [0.15, 0.2) is 29.4 Å². The molecule has 2 atom stereocenters. The quantitative estimate of drug-likeness (QED) is 0.488. The molecule has 1 aromatic rings. The van der Waals surface area contributed by atoms with Gasteiger partial charge in [-0.05, 0) is 30.4 Å². The second-order valence-electron chi connectivity index (χ2n) is 7.65. The summed E-state index contributed by atoms with van der Waals surface area (Å²) in [5, 5.41) is 17.7. The summed E-state index contributed by atoms with van der Waals surface area (Å²) < 4.78 is 0. The summed E-state index contributed by atoms with van der Waals surface area (Å²) >= 11 is 0. The third kappa shape index (κ3) is 2.04. The zero-order valence-corrected chi connectivity index (χ0v) is 15.3. The Balaban J connectivity index is 1.96. The standard InChI is InChI=1S/C18H22N4O4/c1-16(2)17(3)9-10-18(16,15(24)19-4)14(23)13(17)21-20-11-5-7-12(8-6-11)22(25)26/h5-8,20H,9-10H2,1-4H3,(H,19,24)/b21-13+. The third-order valence-electron chi connectivity index (χ3n) is 6.56. The molecule has 2 aliphatic rings. The van der Waals surface area contributed by atoms with Crippen molar-refractivity contribution in [3.63, 3.8) is 0 Å². The molecule has 0 radical (unpaired) electrons. The van der Waals surface area contributed by atoms with Gasteiger partial charge in [-0.3, -0.25) is 25.1 Å². The molecule has 0 heterocycles. The number of Topliss-reactive ketones (excluding diaryl/α,β-unsaturated/α-hetero) is 1. The van der Waals surface area contributed by atoms with Gasteiger partial charge < -0.3 is 5.32 Å². The van der Waals surface area contributed by atoms with Crippen LogP contribution in [0.2, 0.25) is 0 Å². The zero-order valence-electron chi connectivity index (χ0n) is 15.3. The number of carbonyl (C=O) groups is 2. The van der Waals surface area contributed by atoms with Crippen LogP contribution in [0.1, 0.15) is 33.6 Å². The molecule has 0 saturated heterocycles. The highest BCUT2D eigenvalue weighted by Crippen LogP contribution is 2.69. The van der Waals surface area contributed by atoms with Crippen molar-refractivity contribution >= 4 is 28.8 Å². The molecule has 8 heteroatoms. The number of hydrazone groups is 1. The van der Waals surface area contributed by atoms with E-state index in [1.165, 1.54) is 24.3 Å². The predicted octanol–water partition coefficient (Wildman–Crippen LogP) is 2.50. The molecule has 8 nitrogen and oxygen atoms in total. The number of hydrogen-bond acceptors (Lipinski definition) is 6. The number of hydrogen-bond donors (Lipinski definition) is 2. The first kappa shape index (κ1) is 18.0. The number of benzene rings is 1. The number of fused-ring (bicyclic) bond motifs is 2.